The Kier molecular flexibility index (Phi) is 9.87. The van der Waals surface area contributed by atoms with E-state index in [-0.39, 0.29) is 19.0 Å². The number of guanidine groups is 1. The Bertz CT molecular complexity index is 676. The molecule has 0 radical (unpaired) electrons. The highest BCUT2D eigenvalue weighted by Crippen LogP contribution is 2.04. The van der Waals surface area contributed by atoms with Gasteiger partial charge in [0.1, 0.15) is 18.7 Å². The van der Waals surface area contributed by atoms with Gasteiger partial charge in [0.2, 0.25) is 5.91 Å². The number of hydrogen-bond acceptors (Lipinski definition) is 6. The molecule has 0 unspecified atom stereocenters. The standard InChI is InChI=1S/C18H27N5O5/c1-12(16(25)27-2)22-15(24)14(9-6-10-21-17(19)20)23-18(26)28-11-13-7-4-3-5-8-13/h3-5,7-8,12,14H,6,9-11H2,1-2H3,(H,22,24)(H,23,26)(H4,19,20,21)/t12-,14-/m0/s1. The van der Waals surface area contributed by atoms with E-state index in [1.165, 1.54) is 14.0 Å². The van der Waals surface area contributed by atoms with Crippen LogP contribution in [0.25, 0.3) is 0 Å². The van der Waals surface area contributed by atoms with Crippen LogP contribution in [0.3, 0.4) is 0 Å². The maximum atomic E-state index is 12.4. The molecule has 0 saturated carbocycles. The van der Waals surface area contributed by atoms with Gasteiger partial charge in [-0.05, 0) is 25.3 Å². The molecule has 1 rings (SSSR count). The topological polar surface area (TPSA) is 158 Å². The van der Waals surface area contributed by atoms with E-state index in [0.29, 0.717) is 13.0 Å². The zero-order valence-corrected chi connectivity index (χ0v) is 16.0. The quantitative estimate of drug-likeness (QED) is 0.189. The van der Waals surface area contributed by atoms with Gasteiger partial charge in [-0.1, -0.05) is 30.3 Å². The van der Waals surface area contributed by atoms with Gasteiger partial charge >= 0.3 is 12.1 Å². The lowest BCUT2D eigenvalue weighted by Gasteiger charge is -2.20. The fourth-order valence-corrected chi connectivity index (χ4v) is 2.23. The van der Waals surface area contributed by atoms with Gasteiger partial charge in [0, 0.05) is 6.54 Å². The Morgan fingerprint density at radius 1 is 1.14 bits per heavy atom. The van der Waals surface area contributed by atoms with Crippen molar-refractivity contribution in [2.24, 2.45) is 16.5 Å². The minimum Gasteiger partial charge on any atom is -0.467 e. The van der Waals surface area contributed by atoms with E-state index >= 15 is 0 Å². The third kappa shape index (κ3) is 8.88. The van der Waals surface area contributed by atoms with Crippen LogP contribution in [0.2, 0.25) is 0 Å². The molecular formula is C18H27N5O5. The normalized spacial score (nSPS) is 12.2. The van der Waals surface area contributed by atoms with Gasteiger partial charge < -0.3 is 31.6 Å². The Morgan fingerprint density at radius 2 is 1.82 bits per heavy atom. The molecule has 2 atom stereocenters. The number of nitrogens with one attached hydrogen (secondary N) is 2. The molecule has 1 aromatic carbocycles. The van der Waals surface area contributed by atoms with Crippen molar-refractivity contribution in [3.63, 3.8) is 0 Å². The van der Waals surface area contributed by atoms with Gasteiger partial charge in [-0.2, -0.15) is 0 Å². The van der Waals surface area contributed by atoms with E-state index in [9.17, 15) is 14.4 Å². The second kappa shape index (κ2) is 12.2. The number of alkyl carbamates (subject to hydrolysis) is 1. The molecule has 0 bridgehead atoms. The van der Waals surface area contributed by atoms with E-state index < -0.39 is 30.1 Å². The number of benzene rings is 1. The van der Waals surface area contributed by atoms with Crippen molar-refractivity contribution in [2.45, 2.75) is 38.5 Å². The van der Waals surface area contributed by atoms with Crippen LogP contribution in [0.15, 0.2) is 35.3 Å². The molecule has 6 N–H and O–H groups in total. The number of amides is 2. The first-order valence-corrected chi connectivity index (χ1v) is 8.74. The van der Waals surface area contributed by atoms with Gasteiger partial charge in [-0.3, -0.25) is 9.79 Å². The van der Waals surface area contributed by atoms with Crippen LogP contribution in [-0.4, -0.2) is 49.7 Å². The van der Waals surface area contributed by atoms with Crippen LogP contribution in [0.4, 0.5) is 4.79 Å². The van der Waals surface area contributed by atoms with Crippen molar-refractivity contribution in [1.29, 1.82) is 0 Å². The monoisotopic (exact) mass is 393 g/mol. The number of rotatable bonds is 10. The smallest absolute Gasteiger partial charge is 0.408 e. The van der Waals surface area contributed by atoms with Crippen molar-refractivity contribution in [2.75, 3.05) is 13.7 Å². The average Bonchev–Trinajstić information content (AvgIpc) is 2.68. The molecule has 0 fully saturated rings. The number of hydrogen-bond donors (Lipinski definition) is 4. The van der Waals surface area contributed by atoms with Crippen LogP contribution in [0, 0.1) is 0 Å². The summed E-state index contributed by atoms with van der Waals surface area (Å²) in [5.41, 5.74) is 11.3. The second-order valence-corrected chi connectivity index (χ2v) is 5.96. The lowest BCUT2D eigenvalue weighted by atomic mass is 10.1. The van der Waals surface area contributed by atoms with E-state index in [1.807, 2.05) is 30.3 Å². The van der Waals surface area contributed by atoms with E-state index in [1.54, 1.807) is 0 Å². The number of nitrogens with zero attached hydrogens (tertiary/aromatic N) is 1. The van der Waals surface area contributed by atoms with Crippen LogP contribution >= 0.6 is 0 Å². The SMILES string of the molecule is COC(=O)[C@H](C)NC(=O)[C@H](CCCN=C(N)N)NC(=O)OCc1ccccc1. The molecule has 2 amide bonds. The summed E-state index contributed by atoms with van der Waals surface area (Å²) in [6.07, 6.45) is -0.0741. The summed E-state index contributed by atoms with van der Waals surface area (Å²) < 4.78 is 9.71. The van der Waals surface area contributed by atoms with E-state index in [2.05, 4.69) is 20.4 Å². The summed E-state index contributed by atoms with van der Waals surface area (Å²) in [5, 5.41) is 4.99. The maximum absolute atomic E-state index is 12.4. The Labute approximate surface area is 163 Å². The van der Waals surface area contributed by atoms with Crippen LogP contribution in [0.5, 0.6) is 0 Å². The first-order valence-electron chi connectivity index (χ1n) is 8.74. The fourth-order valence-electron chi connectivity index (χ4n) is 2.23. The molecule has 0 aliphatic carbocycles. The molecule has 10 heteroatoms. The number of ether oxygens (including phenoxy) is 2. The van der Waals surface area contributed by atoms with Gasteiger partial charge in [-0.15, -0.1) is 0 Å². The summed E-state index contributed by atoms with van der Waals surface area (Å²) in [4.78, 5) is 39.8. The number of nitrogens with two attached hydrogens (primary N) is 2. The van der Waals surface area contributed by atoms with Gasteiger partial charge in [0.25, 0.3) is 0 Å². The van der Waals surface area contributed by atoms with Gasteiger partial charge in [0.05, 0.1) is 7.11 Å². The summed E-state index contributed by atoms with van der Waals surface area (Å²) in [6, 6.07) is 7.33. The number of carbonyl (C=O) groups is 3. The largest absolute Gasteiger partial charge is 0.467 e. The van der Waals surface area contributed by atoms with Crippen LogP contribution in [-0.2, 0) is 25.7 Å². The van der Waals surface area contributed by atoms with Gasteiger partial charge in [0.15, 0.2) is 5.96 Å². The molecule has 1 aromatic rings. The molecule has 0 spiro atoms. The minimum atomic E-state index is -0.926. The fraction of sp³-hybridized carbons (Fsp3) is 0.444. The zero-order valence-electron chi connectivity index (χ0n) is 16.0. The molecule has 10 nitrogen and oxygen atoms in total. The number of carbonyl (C=O) groups excluding carboxylic acids is 3. The summed E-state index contributed by atoms with van der Waals surface area (Å²) in [5.74, 6) is -1.20. The molecule has 0 aromatic heterocycles. The molecular weight excluding hydrogens is 366 g/mol. The Balaban J connectivity index is 2.64. The van der Waals surface area contributed by atoms with Crippen LogP contribution in [0.1, 0.15) is 25.3 Å². The average molecular weight is 393 g/mol. The second-order valence-electron chi connectivity index (χ2n) is 5.96. The molecule has 0 heterocycles. The molecule has 28 heavy (non-hydrogen) atoms. The van der Waals surface area contributed by atoms with Crippen molar-refractivity contribution in [3.8, 4) is 0 Å². The highest BCUT2D eigenvalue weighted by molar-refractivity contribution is 5.89. The minimum absolute atomic E-state index is 0.0597. The Hall–Kier alpha value is -3.30. The predicted octanol–water partition coefficient (Wildman–Crippen LogP) is 0.0127. The summed E-state index contributed by atoms with van der Waals surface area (Å²) in [6.45, 7) is 1.83. The Morgan fingerprint density at radius 3 is 2.43 bits per heavy atom. The molecule has 0 aliphatic heterocycles. The molecule has 0 aliphatic rings. The first kappa shape index (κ1) is 22.7. The highest BCUT2D eigenvalue weighted by atomic mass is 16.5. The van der Waals surface area contributed by atoms with Crippen molar-refractivity contribution >= 4 is 23.9 Å². The van der Waals surface area contributed by atoms with Crippen molar-refractivity contribution in [1.82, 2.24) is 10.6 Å². The van der Waals surface area contributed by atoms with Crippen molar-refractivity contribution in [3.05, 3.63) is 35.9 Å². The van der Waals surface area contributed by atoms with E-state index in [4.69, 9.17) is 16.2 Å². The highest BCUT2D eigenvalue weighted by Gasteiger charge is 2.25. The summed E-state index contributed by atoms with van der Waals surface area (Å²) >= 11 is 0. The lowest BCUT2D eigenvalue weighted by Crippen LogP contribution is -2.51. The van der Waals surface area contributed by atoms with Crippen molar-refractivity contribution < 1.29 is 23.9 Å². The number of methoxy groups -OCH3 is 1. The maximum Gasteiger partial charge on any atom is 0.408 e. The number of aliphatic imine (C=N–C) groups is 1. The van der Waals surface area contributed by atoms with E-state index in [0.717, 1.165) is 5.56 Å². The predicted molar refractivity (Wildman–Crippen MR) is 103 cm³/mol. The molecule has 154 valence electrons. The molecule has 0 saturated heterocycles. The third-order valence-electron chi connectivity index (χ3n) is 3.68. The lowest BCUT2D eigenvalue weighted by molar-refractivity contribution is -0.144. The van der Waals surface area contributed by atoms with Crippen LogP contribution < -0.4 is 22.1 Å². The number of esters is 1. The third-order valence-corrected chi connectivity index (χ3v) is 3.68. The van der Waals surface area contributed by atoms with Gasteiger partial charge in [-0.25, -0.2) is 9.59 Å². The first-order chi connectivity index (χ1) is 13.3. The summed E-state index contributed by atoms with van der Waals surface area (Å²) in [7, 11) is 1.22. The zero-order chi connectivity index (χ0) is 20.9.